The molecule has 84 valence electrons. The van der Waals surface area contributed by atoms with Gasteiger partial charge in [0.2, 0.25) is 0 Å². The SMILES string of the molecule is CCCCCCN=Cc1ccc(C#N)cc1. The van der Waals surface area contributed by atoms with Crippen molar-refractivity contribution in [3.05, 3.63) is 35.4 Å². The summed E-state index contributed by atoms with van der Waals surface area (Å²) < 4.78 is 0. The van der Waals surface area contributed by atoms with Crippen LogP contribution in [-0.4, -0.2) is 12.8 Å². The van der Waals surface area contributed by atoms with Gasteiger partial charge in [0.05, 0.1) is 11.6 Å². The molecule has 0 spiro atoms. The third-order valence-electron chi connectivity index (χ3n) is 2.42. The van der Waals surface area contributed by atoms with Crippen LogP contribution in [0.25, 0.3) is 0 Å². The quantitative estimate of drug-likeness (QED) is 0.527. The van der Waals surface area contributed by atoms with Gasteiger partial charge >= 0.3 is 0 Å². The van der Waals surface area contributed by atoms with Gasteiger partial charge in [0.15, 0.2) is 0 Å². The average molecular weight is 214 g/mol. The van der Waals surface area contributed by atoms with Crippen LogP contribution in [0.5, 0.6) is 0 Å². The van der Waals surface area contributed by atoms with Gasteiger partial charge in [-0.1, -0.05) is 38.3 Å². The molecule has 0 atom stereocenters. The number of nitrogens with zero attached hydrogens (tertiary/aromatic N) is 2. The van der Waals surface area contributed by atoms with Gasteiger partial charge in [0.25, 0.3) is 0 Å². The molecule has 0 aromatic heterocycles. The van der Waals surface area contributed by atoms with E-state index in [2.05, 4.69) is 18.0 Å². The van der Waals surface area contributed by atoms with E-state index in [1.165, 1.54) is 25.7 Å². The molecular weight excluding hydrogens is 196 g/mol. The summed E-state index contributed by atoms with van der Waals surface area (Å²) in [6.45, 7) is 3.11. The molecule has 0 fully saturated rings. The maximum atomic E-state index is 8.64. The molecule has 16 heavy (non-hydrogen) atoms. The first-order chi connectivity index (χ1) is 7.86. The number of benzene rings is 1. The predicted molar refractivity (Wildman–Crippen MR) is 67.8 cm³/mol. The molecule has 0 N–H and O–H groups in total. The summed E-state index contributed by atoms with van der Waals surface area (Å²) in [5.41, 5.74) is 1.76. The smallest absolute Gasteiger partial charge is 0.0991 e. The Morgan fingerprint density at radius 2 is 1.94 bits per heavy atom. The second kappa shape index (κ2) is 7.64. The molecule has 0 amide bonds. The first-order valence-corrected chi connectivity index (χ1v) is 5.87. The number of hydrogen-bond donors (Lipinski definition) is 0. The maximum absolute atomic E-state index is 8.64. The van der Waals surface area contributed by atoms with Gasteiger partial charge in [-0.15, -0.1) is 0 Å². The van der Waals surface area contributed by atoms with Crippen molar-refractivity contribution in [1.82, 2.24) is 0 Å². The number of nitriles is 1. The van der Waals surface area contributed by atoms with Crippen LogP contribution >= 0.6 is 0 Å². The lowest BCUT2D eigenvalue weighted by atomic mass is 10.2. The van der Waals surface area contributed by atoms with Gasteiger partial charge in [-0.25, -0.2) is 0 Å². The van der Waals surface area contributed by atoms with Crippen molar-refractivity contribution in [2.75, 3.05) is 6.54 Å². The molecule has 0 saturated heterocycles. The molecule has 0 unspecified atom stereocenters. The molecule has 0 heterocycles. The van der Waals surface area contributed by atoms with E-state index in [1.54, 1.807) is 0 Å². The van der Waals surface area contributed by atoms with Crippen molar-refractivity contribution in [2.45, 2.75) is 32.6 Å². The molecule has 0 aliphatic rings. The van der Waals surface area contributed by atoms with Crippen LogP contribution in [0.1, 0.15) is 43.7 Å². The highest BCUT2D eigenvalue weighted by atomic mass is 14.7. The molecule has 2 nitrogen and oxygen atoms in total. The van der Waals surface area contributed by atoms with Crippen LogP contribution < -0.4 is 0 Å². The summed E-state index contributed by atoms with van der Waals surface area (Å²) in [6, 6.07) is 9.59. The largest absolute Gasteiger partial charge is 0.293 e. The molecule has 0 saturated carbocycles. The molecule has 1 aromatic rings. The fourth-order valence-electron chi connectivity index (χ4n) is 1.44. The average Bonchev–Trinajstić information content (AvgIpc) is 2.34. The van der Waals surface area contributed by atoms with Gasteiger partial charge in [-0.3, -0.25) is 4.99 Å². The minimum absolute atomic E-state index is 0.695. The van der Waals surface area contributed by atoms with Gasteiger partial charge in [0.1, 0.15) is 0 Å². The van der Waals surface area contributed by atoms with E-state index in [4.69, 9.17) is 5.26 Å². The summed E-state index contributed by atoms with van der Waals surface area (Å²) in [5.74, 6) is 0. The fraction of sp³-hybridized carbons (Fsp3) is 0.429. The third-order valence-corrected chi connectivity index (χ3v) is 2.42. The highest BCUT2D eigenvalue weighted by molar-refractivity contribution is 5.79. The predicted octanol–water partition coefficient (Wildman–Crippen LogP) is 3.56. The lowest BCUT2D eigenvalue weighted by Crippen LogP contribution is -1.86. The zero-order valence-corrected chi connectivity index (χ0v) is 9.82. The van der Waals surface area contributed by atoms with E-state index in [0.717, 1.165) is 12.1 Å². The Morgan fingerprint density at radius 1 is 1.19 bits per heavy atom. The highest BCUT2D eigenvalue weighted by Crippen LogP contribution is 2.02. The molecule has 1 aromatic carbocycles. The number of aliphatic imine (C=N–C) groups is 1. The maximum Gasteiger partial charge on any atom is 0.0991 e. The van der Waals surface area contributed by atoms with Crippen LogP contribution in [-0.2, 0) is 0 Å². The minimum Gasteiger partial charge on any atom is -0.293 e. The van der Waals surface area contributed by atoms with Crippen molar-refractivity contribution in [3.63, 3.8) is 0 Å². The van der Waals surface area contributed by atoms with Gasteiger partial charge in [-0.2, -0.15) is 5.26 Å². The summed E-state index contributed by atoms with van der Waals surface area (Å²) >= 11 is 0. The molecular formula is C14H18N2. The van der Waals surface area contributed by atoms with E-state index >= 15 is 0 Å². The Hall–Kier alpha value is -1.62. The van der Waals surface area contributed by atoms with E-state index < -0.39 is 0 Å². The van der Waals surface area contributed by atoms with E-state index in [0.29, 0.717) is 5.56 Å². The Bertz CT molecular complexity index is 357. The van der Waals surface area contributed by atoms with Gasteiger partial charge in [-0.05, 0) is 24.1 Å². The summed E-state index contributed by atoms with van der Waals surface area (Å²) in [6.07, 6.45) is 6.88. The number of hydrogen-bond acceptors (Lipinski definition) is 2. The summed E-state index contributed by atoms with van der Waals surface area (Å²) in [5, 5.41) is 8.64. The van der Waals surface area contributed by atoms with Crippen LogP contribution in [0.4, 0.5) is 0 Å². The van der Waals surface area contributed by atoms with E-state index in [1.807, 2.05) is 30.5 Å². The first kappa shape index (κ1) is 12.4. The van der Waals surface area contributed by atoms with E-state index in [9.17, 15) is 0 Å². The Morgan fingerprint density at radius 3 is 2.56 bits per heavy atom. The Balaban J connectivity index is 2.30. The fourth-order valence-corrected chi connectivity index (χ4v) is 1.44. The summed E-state index contributed by atoms with van der Waals surface area (Å²) in [7, 11) is 0. The molecule has 2 heteroatoms. The minimum atomic E-state index is 0.695. The monoisotopic (exact) mass is 214 g/mol. The summed E-state index contributed by atoms with van der Waals surface area (Å²) in [4.78, 5) is 4.36. The second-order valence-electron chi connectivity index (χ2n) is 3.83. The topological polar surface area (TPSA) is 36.1 Å². The van der Waals surface area contributed by atoms with Crippen molar-refractivity contribution in [2.24, 2.45) is 4.99 Å². The molecule has 1 rings (SSSR count). The lowest BCUT2D eigenvalue weighted by molar-refractivity contribution is 0.676. The standard InChI is InChI=1S/C14H18N2/c1-2-3-4-5-10-16-12-14-8-6-13(11-15)7-9-14/h6-9,12H,2-5,10H2,1H3. The number of rotatable bonds is 6. The number of unbranched alkanes of at least 4 members (excludes halogenated alkanes) is 3. The molecule has 0 bridgehead atoms. The van der Waals surface area contributed by atoms with Crippen molar-refractivity contribution < 1.29 is 0 Å². The Labute approximate surface area is 97.6 Å². The zero-order valence-electron chi connectivity index (χ0n) is 9.82. The first-order valence-electron chi connectivity index (χ1n) is 5.87. The van der Waals surface area contributed by atoms with Crippen LogP contribution in [0, 0.1) is 11.3 Å². The van der Waals surface area contributed by atoms with Crippen molar-refractivity contribution in [3.8, 4) is 6.07 Å². The zero-order chi connectivity index (χ0) is 11.6. The lowest BCUT2D eigenvalue weighted by Gasteiger charge is -1.95. The molecule has 0 radical (unpaired) electrons. The molecule has 0 aliphatic heterocycles. The van der Waals surface area contributed by atoms with Crippen molar-refractivity contribution >= 4 is 6.21 Å². The molecule has 0 aliphatic carbocycles. The van der Waals surface area contributed by atoms with Crippen LogP contribution in [0.15, 0.2) is 29.3 Å². The van der Waals surface area contributed by atoms with Crippen LogP contribution in [0.3, 0.4) is 0 Å². The van der Waals surface area contributed by atoms with Gasteiger partial charge < -0.3 is 0 Å². The highest BCUT2D eigenvalue weighted by Gasteiger charge is 1.90. The van der Waals surface area contributed by atoms with E-state index in [-0.39, 0.29) is 0 Å². The third kappa shape index (κ3) is 4.75. The van der Waals surface area contributed by atoms with Gasteiger partial charge in [0, 0.05) is 12.8 Å². The van der Waals surface area contributed by atoms with Crippen molar-refractivity contribution in [1.29, 1.82) is 5.26 Å². The van der Waals surface area contributed by atoms with Crippen LogP contribution in [0.2, 0.25) is 0 Å². The normalized spacial score (nSPS) is 10.5. The second-order valence-corrected chi connectivity index (χ2v) is 3.83. The Kier molecular flexibility index (Phi) is 5.95.